The second kappa shape index (κ2) is 11.0. The molecule has 26 heavy (non-hydrogen) atoms. The average molecular weight is 360 g/mol. The van der Waals surface area contributed by atoms with E-state index in [1.165, 1.54) is 11.3 Å². The Bertz CT molecular complexity index is 568. The van der Waals surface area contributed by atoms with Crippen molar-refractivity contribution in [2.75, 3.05) is 44.7 Å². The SMILES string of the molecule is CCCC(=O)N1CCN(c2ccccc2CN(C)CCCCC=O)CC1. The number of benzene rings is 1. The molecule has 1 heterocycles. The predicted molar refractivity (Wildman–Crippen MR) is 106 cm³/mol. The summed E-state index contributed by atoms with van der Waals surface area (Å²) in [5.41, 5.74) is 2.62. The average Bonchev–Trinajstić information content (AvgIpc) is 2.66. The maximum atomic E-state index is 12.1. The van der Waals surface area contributed by atoms with Crippen molar-refractivity contribution in [1.82, 2.24) is 9.80 Å². The Morgan fingerprint density at radius 2 is 1.88 bits per heavy atom. The minimum Gasteiger partial charge on any atom is -0.368 e. The highest BCUT2D eigenvalue weighted by Crippen LogP contribution is 2.23. The highest BCUT2D eigenvalue weighted by Gasteiger charge is 2.22. The topological polar surface area (TPSA) is 43.9 Å². The zero-order valence-corrected chi connectivity index (χ0v) is 16.3. The van der Waals surface area contributed by atoms with Crippen LogP contribution in [0.4, 0.5) is 5.69 Å². The Morgan fingerprint density at radius 1 is 1.15 bits per heavy atom. The lowest BCUT2D eigenvalue weighted by Crippen LogP contribution is -2.49. The molecule has 5 nitrogen and oxygen atoms in total. The van der Waals surface area contributed by atoms with E-state index in [0.717, 1.165) is 64.8 Å². The number of unbranched alkanes of at least 4 members (excludes halogenated alkanes) is 2. The van der Waals surface area contributed by atoms with Gasteiger partial charge in [0, 0.05) is 51.3 Å². The summed E-state index contributed by atoms with van der Waals surface area (Å²) < 4.78 is 0. The lowest BCUT2D eigenvalue weighted by molar-refractivity contribution is -0.131. The van der Waals surface area contributed by atoms with E-state index in [1.54, 1.807) is 0 Å². The van der Waals surface area contributed by atoms with E-state index in [0.29, 0.717) is 12.8 Å². The summed E-state index contributed by atoms with van der Waals surface area (Å²) in [5.74, 6) is 0.287. The van der Waals surface area contributed by atoms with Gasteiger partial charge in [-0.1, -0.05) is 25.1 Å². The van der Waals surface area contributed by atoms with Gasteiger partial charge in [-0.3, -0.25) is 4.79 Å². The van der Waals surface area contributed by atoms with Crippen LogP contribution >= 0.6 is 0 Å². The highest BCUT2D eigenvalue weighted by molar-refractivity contribution is 5.76. The molecule has 0 aliphatic carbocycles. The summed E-state index contributed by atoms with van der Waals surface area (Å²) in [7, 11) is 2.14. The lowest BCUT2D eigenvalue weighted by atomic mass is 10.1. The summed E-state index contributed by atoms with van der Waals surface area (Å²) >= 11 is 0. The third-order valence-corrected chi connectivity index (χ3v) is 4.98. The van der Waals surface area contributed by atoms with Crippen molar-refractivity contribution in [3.8, 4) is 0 Å². The van der Waals surface area contributed by atoms with Crippen LogP contribution in [0.25, 0.3) is 0 Å². The fourth-order valence-corrected chi connectivity index (χ4v) is 3.50. The molecule has 1 saturated heterocycles. The van der Waals surface area contributed by atoms with E-state index in [9.17, 15) is 9.59 Å². The zero-order valence-electron chi connectivity index (χ0n) is 16.3. The Labute approximate surface area is 158 Å². The number of hydrogen-bond acceptors (Lipinski definition) is 4. The van der Waals surface area contributed by atoms with Crippen LogP contribution in [0.2, 0.25) is 0 Å². The second-order valence-electron chi connectivity index (χ2n) is 7.15. The van der Waals surface area contributed by atoms with Gasteiger partial charge in [0.1, 0.15) is 6.29 Å². The smallest absolute Gasteiger partial charge is 0.222 e. The van der Waals surface area contributed by atoms with E-state index in [1.807, 2.05) is 4.90 Å². The van der Waals surface area contributed by atoms with Crippen LogP contribution in [0, 0.1) is 0 Å². The first-order valence-electron chi connectivity index (χ1n) is 9.88. The number of hydrogen-bond donors (Lipinski definition) is 0. The number of para-hydroxylation sites is 1. The van der Waals surface area contributed by atoms with Gasteiger partial charge >= 0.3 is 0 Å². The molecule has 1 aliphatic heterocycles. The number of nitrogens with zero attached hydrogens (tertiary/aromatic N) is 3. The number of aldehydes is 1. The van der Waals surface area contributed by atoms with E-state index in [4.69, 9.17) is 0 Å². The van der Waals surface area contributed by atoms with Crippen molar-refractivity contribution >= 4 is 17.9 Å². The molecular weight excluding hydrogens is 326 g/mol. The van der Waals surface area contributed by atoms with E-state index >= 15 is 0 Å². The monoisotopic (exact) mass is 359 g/mol. The van der Waals surface area contributed by atoms with E-state index < -0.39 is 0 Å². The molecule has 0 N–H and O–H groups in total. The van der Waals surface area contributed by atoms with Gasteiger partial charge in [-0.15, -0.1) is 0 Å². The van der Waals surface area contributed by atoms with Gasteiger partial charge in [0.25, 0.3) is 0 Å². The molecule has 1 aromatic carbocycles. The fraction of sp³-hybridized carbons (Fsp3) is 0.619. The Hall–Kier alpha value is -1.88. The summed E-state index contributed by atoms with van der Waals surface area (Å²) in [6.07, 6.45) is 5.25. The molecule has 0 aromatic heterocycles. The summed E-state index contributed by atoms with van der Waals surface area (Å²) in [5, 5.41) is 0. The van der Waals surface area contributed by atoms with Gasteiger partial charge in [0.05, 0.1) is 0 Å². The van der Waals surface area contributed by atoms with Gasteiger partial charge in [-0.25, -0.2) is 0 Å². The molecule has 1 amide bonds. The maximum absolute atomic E-state index is 12.1. The standard InChI is InChI=1S/C21H33N3O2/c1-3-9-21(26)24-15-13-23(14-16-24)20-11-6-5-10-19(20)18-22(2)12-7-4-8-17-25/h5-6,10-11,17H,3-4,7-9,12-16,18H2,1-2H3. The van der Waals surface area contributed by atoms with Crippen LogP contribution in [0.5, 0.6) is 0 Å². The summed E-state index contributed by atoms with van der Waals surface area (Å²) in [6, 6.07) is 8.59. The van der Waals surface area contributed by atoms with Gasteiger partial charge in [-0.05, 0) is 44.5 Å². The number of carbonyl (C=O) groups excluding carboxylic acids is 2. The lowest BCUT2D eigenvalue weighted by Gasteiger charge is -2.37. The Balaban J connectivity index is 1.90. The minimum atomic E-state index is 0.287. The molecule has 0 radical (unpaired) electrons. The molecule has 1 aromatic rings. The molecule has 2 rings (SSSR count). The number of rotatable bonds is 10. The molecule has 5 heteroatoms. The van der Waals surface area contributed by atoms with Crippen molar-refractivity contribution in [2.24, 2.45) is 0 Å². The first kappa shape index (κ1) is 20.4. The fourth-order valence-electron chi connectivity index (χ4n) is 3.50. The molecule has 0 saturated carbocycles. The van der Waals surface area contributed by atoms with Gasteiger partial charge < -0.3 is 19.5 Å². The molecule has 1 fully saturated rings. The largest absolute Gasteiger partial charge is 0.368 e. The molecule has 0 atom stereocenters. The van der Waals surface area contributed by atoms with Gasteiger partial charge in [0.15, 0.2) is 0 Å². The number of carbonyl (C=O) groups is 2. The summed E-state index contributed by atoms with van der Waals surface area (Å²) in [6.45, 7) is 7.39. The Morgan fingerprint density at radius 3 is 2.58 bits per heavy atom. The molecular formula is C21H33N3O2. The van der Waals surface area contributed by atoms with Gasteiger partial charge in [0.2, 0.25) is 5.91 Å². The first-order chi connectivity index (χ1) is 12.7. The number of anilines is 1. The van der Waals surface area contributed by atoms with Gasteiger partial charge in [-0.2, -0.15) is 0 Å². The number of piperazine rings is 1. The molecule has 0 unspecified atom stereocenters. The second-order valence-corrected chi connectivity index (χ2v) is 7.15. The van der Waals surface area contributed by atoms with Crippen molar-refractivity contribution in [2.45, 2.75) is 45.6 Å². The van der Waals surface area contributed by atoms with Crippen LogP contribution < -0.4 is 4.90 Å². The van der Waals surface area contributed by atoms with Crippen LogP contribution in [0.3, 0.4) is 0 Å². The van der Waals surface area contributed by atoms with Crippen LogP contribution in [0.15, 0.2) is 24.3 Å². The first-order valence-corrected chi connectivity index (χ1v) is 9.88. The van der Waals surface area contributed by atoms with Crippen molar-refractivity contribution in [1.29, 1.82) is 0 Å². The Kier molecular flexibility index (Phi) is 8.62. The minimum absolute atomic E-state index is 0.287. The van der Waals surface area contributed by atoms with E-state index in [-0.39, 0.29) is 5.91 Å². The normalized spacial score (nSPS) is 14.7. The summed E-state index contributed by atoms with van der Waals surface area (Å²) in [4.78, 5) is 29.2. The highest BCUT2D eigenvalue weighted by atomic mass is 16.2. The van der Waals surface area contributed by atoms with Crippen molar-refractivity contribution in [3.05, 3.63) is 29.8 Å². The maximum Gasteiger partial charge on any atom is 0.222 e. The van der Waals surface area contributed by atoms with Crippen molar-refractivity contribution in [3.63, 3.8) is 0 Å². The van der Waals surface area contributed by atoms with Crippen LogP contribution in [-0.4, -0.2) is 61.8 Å². The van der Waals surface area contributed by atoms with Crippen LogP contribution in [0.1, 0.15) is 44.6 Å². The zero-order chi connectivity index (χ0) is 18.8. The third-order valence-electron chi connectivity index (χ3n) is 4.98. The third kappa shape index (κ3) is 6.13. The van der Waals surface area contributed by atoms with E-state index in [2.05, 4.69) is 48.0 Å². The number of amides is 1. The quantitative estimate of drug-likeness (QED) is 0.476. The predicted octanol–water partition coefficient (Wildman–Crippen LogP) is 2.94. The molecule has 1 aliphatic rings. The molecule has 144 valence electrons. The molecule has 0 bridgehead atoms. The van der Waals surface area contributed by atoms with Crippen molar-refractivity contribution < 1.29 is 9.59 Å². The molecule has 0 spiro atoms. The van der Waals surface area contributed by atoms with Crippen LogP contribution in [-0.2, 0) is 16.1 Å².